The fraction of sp³-hybridized carbons (Fsp3) is 0.364. The topological polar surface area (TPSA) is 72.9 Å². The predicted molar refractivity (Wildman–Crippen MR) is 107 cm³/mol. The van der Waals surface area contributed by atoms with Gasteiger partial charge in [0, 0.05) is 37.2 Å². The van der Waals surface area contributed by atoms with Gasteiger partial charge in [0.1, 0.15) is 5.82 Å². The minimum Gasteiger partial charge on any atom is -0.392 e. The maximum atomic E-state index is 15.2. The molecular weight excluding hydrogens is 392 g/mol. The molecule has 2 heterocycles. The largest absolute Gasteiger partial charge is 0.392 e. The number of nitrogens with one attached hydrogen (secondary N) is 1. The van der Waals surface area contributed by atoms with E-state index in [-0.39, 0.29) is 30.3 Å². The highest BCUT2D eigenvalue weighted by Gasteiger charge is 2.47. The third kappa shape index (κ3) is 3.63. The van der Waals surface area contributed by atoms with E-state index in [1.54, 1.807) is 35.2 Å². The molecule has 0 saturated carbocycles. The number of piperidine rings is 1. The van der Waals surface area contributed by atoms with Crippen LogP contribution in [0, 0.1) is 5.82 Å². The van der Waals surface area contributed by atoms with Crippen LogP contribution in [0.15, 0.2) is 42.5 Å². The van der Waals surface area contributed by atoms with Crippen molar-refractivity contribution in [3.63, 3.8) is 0 Å². The van der Waals surface area contributed by atoms with Crippen molar-refractivity contribution in [2.45, 2.75) is 38.0 Å². The van der Waals surface area contributed by atoms with Crippen LogP contribution >= 0.6 is 0 Å². The molecule has 2 amide bonds. The molecule has 6 nitrogen and oxygen atoms in total. The minimum atomic E-state index is -0.921. The average Bonchev–Trinajstić information content (AvgIpc) is 2.77. The van der Waals surface area contributed by atoms with Gasteiger partial charge in [-0.2, -0.15) is 0 Å². The van der Waals surface area contributed by atoms with Crippen molar-refractivity contribution in [2.75, 3.05) is 18.2 Å². The molecule has 4 rings (SSSR count). The highest BCUT2D eigenvalue weighted by atomic mass is 19.2. The van der Waals surface area contributed by atoms with E-state index < -0.39 is 18.0 Å². The number of anilines is 1. The van der Waals surface area contributed by atoms with Gasteiger partial charge in [0.2, 0.25) is 0 Å². The van der Waals surface area contributed by atoms with E-state index in [2.05, 4.69) is 5.32 Å². The Morgan fingerprint density at radius 2 is 1.90 bits per heavy atom. The minimum absolute atomic E-state index is 0.0756. The number of aliphatic hydroxyl groups is 1. The fourth-order valence-corrected chi connectivity index (χ4v) is 4.25. The molecule has 1 spiro atoms. The van der Waals surface area contributed by atoms with Gasteiger partial charge < -0.3 is 15.3 Å². The maximum Gasteiger partial charge on any atom is 0.317 e. The van der Waals surface area contributed by atoms with Crippen LogP contribution in [0.2, 0.25) is 0 Å². The van der Waals surface area contributed by atoms with E-state index in [1.807, 2.05) is 0 Å². The van der Waals surface area contributed by atoms with Crippen LogP contribution in [-0.2, 0) is 13.2 Å². The number of hydrogen-bond acceptors (Lipinski definition) is 4. The van der Waals surface area contributed by atoms with E-state index >= 15 is 4.48 Å². The number of urea groups is 1. The Morgan fingerprint density at radius 3 is 2.63 bits per heavy atom. The SMILES string of the molecule is O=C1CC2(CCN(C(=O)NCc3ccc(F)c(CO)c3)CC2)N(F)c2ccccc21. The van der Waals surface area contributed by atoms with Gasteiger partial charge in [-0.3, -0.25) is 4.79 Å². The van der Waals surface area contributed by atoms with Crippen LogP contribution in [0.5, 0.6) is 0 Å². The van der Waals surface area contributed by atoms with Crippen LogP contribution in [-0.4, -0.2) is 40.4 Å². The van der Waals surface area contributed by atoms with E-state index in [9.17, 15) is 14.0 Å². The lowest BCUT2D eigenvalue weighted by atomic mass is 9.78. The summed E-state index contributed by atoms with van der Waals surface area (Å²) in [5.74, 6) is -0.568. The second-order valence-corrected chi connectivity index (χ2v) is 7.85. The lowest BCUT2D eigenvalue weighted by Crippen LogP contribution is -2.57. The Bertz CT molecular complexity index is 974. The number of ketones is 1. The second-order valence-electron chi connectivity index (χ2n) is 7.85. The van der Waals surface area contributed by atoms with Crippen LogP contribution < -0.4 is 10.4 Å². The highest BCUT2D eigenvalue weighted by molar-refractivity contribution is 6.04. The first-order valence-electron chi connectivity index (χ1n) is 9.93. The van der Waals surface area contributed by atoms with Crippen molar-refractivity contribution in [3.8, 4) is 0 Å². The lowest BCUT2D eigenvalue weighted by Gasteiger charge is -2.47. The van der Waals surface area contributed by atoms with Gasteiger partial charge in [0.15, 0.2) is 5.78 Å². The summed E-state index contributed by atoms with van der Waals surface area (Å²) in [6, 6.07) is 10.7. The zero-order valence-electron chi connectivity index (χ0n) is 16.4. The molecule has 30 heavy (non-hydrogen) atoms. The number of hydrogen-bond donors (Lipinski definition) is 2. The number of aliphatic hydroxyl groups excluding tert-OH is 1. The van der Waals surface area contributed by atoms with Gasteiger partial charge in [-0.15, -0.1) is 0 Å². The molecule has 2 N–H and O–H groups in total. The molecule has 2 aromatic rings. The van der Waals surface area contributed by atoms with Gasteiger partial charge in [-0.1, -0.05) is 22.7 Å². The molecule has 2 aliphatic heterocycles. The standard InChI is InChI=1S/C22H23F2N3O3/c23-18-6-5-15(11-16(18)14-28)13-25-21(30)26-9-7-22(8-10-26)12-20(29)17-3-1-2-4-19(17)27(22)24/h1-6,11,28H,7-10,12-14H2,(H,25,30). The third-order valence-corrected chi connectivity index (χ3v) is 6.03. The van der Waals surface area contributed by atoms with Gasteiger partial charge in [0.25, 0.3) is 0 Å². The van der Waals surface area contributed by atoms with Crippen molar-refractivity contribution in [1.29, 1.82) is 0 Å². The number of rotatable bonds is 3. The third-order valence-electron chi connectivity index (χ3n) is 6.03. The summed E-state index contributed by atoms with van der Waals surface area (Å²) < 4.78 is 28.7. The molecule has 1 saturated heterocycles. The Morgan fingerprint density at radius 1 is 1.17 bits per heavy atom. The summed E-state index contributed by atoms with van der Waals surface area (Å²) in [5.41, 5.74) is 0.614. The maximum absolute atomic E-state index is 15.2. The Kier molecular flexibility index (Phi) is 5.42. The van der Waals surface area contributed by atoms with Gasteiger partial charge in [-0.25, -0.2) is 14.3 Å². The first-order chi connectivity index (χ1) is 14.4. The number of benzene rings is 2. The smallest absolute Gasteiger partial charge is 0.317 e. The average molecular weight is 415 g/mol. The number of nitrogens with zero attached hydrogens (tertiary/aromatic N) is 2. The Labute approximate surface area is 173 Å². The van der Waals surface area contributed by atoms with E-state index in [4.69, 9.17) is 5.11 Å². The van der Waals surface area contributed by atoms with Crippen molar-refractivity contribution >= 4 is 17.5 Å². The zero-order chi connectivity index (χ0) is 21.3. The van der Waals surface area contributed by atoms with Gasteiger partial charge in [-0.05, 0) is 42.7 Å². The molecule has 158 valence electrons. The number of fused-ring (bicyclic) bond motifs is 1. The Hall–Kier alpha value is -3.00. The van der Waals surface area contributed by atoms with E-state index in [0.29, 0.717) is 47.9 Å². The van der Waals surface area contributed by atoms with E-state index in [1.165, 1.54) is 12.1 Å². The molecular formula is C22H23F2N3O3. The predicted octanol–water partition coefficient (Wildman–Crippen LogP) is 3.34. The molecule has 0 radical (unpaired) electrons. The summed E-state index contributed by atoms with van der Waals surface area (Å²) in [7, 11) is 0. The van der Waals surface area contributed by atoms with Crippen LogP contribution in [0.25, 0.3) is 0 Å². The van der Waals surface area contributed by atoms with E-state index in [0.717, 1.165) is 0 Å². The summed E-state index contributed by atoms with van der Waals surface area (Å²) in [5, 5.41) is 12.6. The fourth-order valence-electron chi connectivity index (χ4n) is 4.25. The Balaban J connectivity index is 1.38. The number of likely N-dealkylation sites (tertiary alicyclic amines) is 1. The van der Waals surface area contributed by atoms with Crippen LogP contribution in [0.3, 0.4) is 0 Å². The molecule has 0 unspecified atom stereocenters. The summed E-state index contributed by atoms with van der Waals surface area (Å²) >= 11 is 0. The monoisotopic (exact) mass is 415 g/mol. The second kappa shape index (κ2) is 8.02. The molecule has 0 aliphatic carbocycles. The number of amides is 2. The van der Waals surface area contributed by atoms with Crippen molar-refractivity contribution in [3.05, 3.63) is 65.0 Å². The van der Waals surface area contributed by atoms with Crippen molar-refractivity contribution < 1.29 is 23.6 Å². The number of halogens is 2. The first-order valence-corrected chi connectivity index (χ1v) is 9.93. The highest BCUT2D eigenvalue weighted by Crippen LogP contribution is 2.43. The normalized spacial score (nSPS) is 17.8. The summed E-state index contributed by atoms with van der Waals surface area (Å²) in [4.78, 5) is 26.6. The quantitative estimate of drug-likeness (QED) is 0.755. The molecule has 2 aromatic carbocycles. The van der Waals surface area contributed by atoms with Gasteiger partial charge >= 0.3 is 6.03 Å². The number of Topliss-reactive ketones (excluding diaryl/α,β-unsaturated/α-hetero) is 1. The lowest BCUT2D eigenvalue weighted by molar-refractivity contribution is 0.0805. The molecule has 2 aliphatic rings. The molecule has 0 bridgehead atoms. The number of carbonyl (C=O) groups excluding carboxylic acids is 2. The number of para-hydroxylation sites is 1. The summed E-state index contributed by atoms with van der Waals surface area (Å²) in [6.07, 6.45) is 0.792. The van der Waals surface area contributed by atoms with Crippen molar-refractivity contribution in [2.24, 2.45) is 0 Å². The first kappa shape index (κ1) is 20.3. The van der Waals surface area contributed by atoms with Crippen LogP contribution in [0.1, 0.15) is 40.7 Å². The molecule has 8 heteroatoms. The zero-order valence-corrected chi connectivity index (χ0v) is 16.4. The molecule has 0 atom stereocenters. The molecule has 0 aromatic heterocycles. The van der Waals surface area contributed by atoms with Crippen molar-refractivity contribution in [1.82, 2.24) is 10.2 Å². The summed E-state index contributed by atoms with van der Waals surface area (Å²) in [6.45, 7) is 0.429. The van der Waals surface area contributed by atoms with Crippen LogP contribution in [0.4, 0.5) is 19.4 Å². The number of carbonyl (C=O) groups is 2. The van der Waals surface area contributed by atoms with Gasteiger partial charge in [0.05, 0.1) is 17.8 Å². The molecule has 1 fully saturated rings.